The molecule has 1 aliphatic rings. The Hall–Kier alpha value is -2.22. The molecule has 0 saturated heterocycles. The van der Waals surface area contributed by atoms with Crippen LogP contribution in [-0.2, 0) is 14.8 Å². The Morgan fingerprint density at radius 3 is 2.50 bits per heavy atom. The topological polar surface area (TPSA) is 85.6 Å². The van der Waals surface area contributed by atoms with Crippen LogP contribution in [0.15, 0.2) is 47.5 Å². The van der Waals surface area contributed by atoms with Crippen molar-refractivity contribution in [3.63, 3.8) is 0 Å². The standard InChI is InChI=1S/C19H15Cl2NO5S/c1-10-2-4-11(5-3-10)28(25,26)22-7-6-12-16(9-14(20)17(21)18(12)22)27-15-8-13(15)19(23)24/h2-7,9,13,15H,8H2,1H3,(H,23,24). The largest absolute Gasteiger partial charge is 0.489 e. The molecule has 1 saturated carbocycles. The van der Waals surface area contributed by atoms with Crippen LogP contribution in [0.5, 0.6) is 5.75 Å². The third kappa shape index (κ3) is 3.13. The number of nitrogens with zero attached hydrogens (tertiary/aromatic N) is 1. The summed E-state index contributed by atoms with van der Waals surface area (Å²) in [5.74, 6) is -1.21. The zero-order valence-corrected chi connectivity index (χ0v) is 16.9. The van der Waals surface area contributed by atoms with Crippen molar-refractivity contribution in [2.24, 2.45) is 5.92 Å². The van der Waals surface area contributed by atoms with Gasteiger partial charge in [-0.2, -0.15) is 0 Å². The Kier molecular flexibility index (Phi) is 4.56. The molecule has 1 heterocycles. The molecule has 1 aliphatic carbocycles. The smallest absolute Gasteiger partial charge is 0.310 e. The predicted molar refractivity (Wildman–Crippen MR) is 106 cm³/mol. The van der Waals surface area contributed by atoms with Crippen LogP contribution in [0.1, 0.15) is 12.0 Å². The van der Waals surface area contributed by atoms with Crippen molar-refractivity contribution in [1.82, 2.24) is 3.97 Å². The van der Waals surface area contributed by atoms with E-state index in [1.54, 1.807) is 18.2 Å². The third-order valence-corrected chi connectivity index (χ3v) is 7.17. The molecule has 2 unspecified atom stereocenters. The maximum absolute atomic E-state index is 13.1. The molecule has 28 heavy (non-hydrogen) atoms. The minimum Gasteiger partial charge on any atom is -0.489 e. The Morgan fingerprint density at radius 2 is 1.89 bits per heavy atom. The van der Waals surface area contributed by atoms with E-state index < -0.39 is 28.0 Å². The van der Waals surface area contributed by atoms with Crippen LogP contribution in [0, 0.1) is 12.8 Å². The molecule has 1 aromatic heterocycles. The number of aromatic nitrogens is 1. The first-order valence-corrected chi connectivity index (χ1v) is 10.6. The Labute approximate surface area is 171 Å². The minimum atomic E-state index is -3.91. The van der Waals surface area contributed by atoms with E-state index in [1.165, 1.54) is 24.4 Å². The number of hydrogen-bond acceptors (Lipinski definition) is 4. The highest BCUT2D eigenvalue weighted by molar-refractivity contribution is 7.90. The van der Waals surface area contributed by atoms with E-state index in [0.29, 0.717) is 17.6 Å². The van der Waals surface area contributed by atoms with Gasteiger partial charge >= 0.3 is 5.97 Å². The van der Waals surface area contributed by atoms with Gasteiger partial charge in [-0.1, -0.05) is 40.9 Å². The highest BCUT2D eigenvalue weighted by atomic mass is 35.5. The van der Waals surface area contributed by atoms with Gasteiger partial charge in [0, 0.05) is 24.1 Å². The second-order valence-electron chi connectivity index (χ2n) is 6.70. The van der Waals surface area contributed by atoms with Gasteiger partial charge in [-0.15, -0.1) is 0 Å². The van der Waals surface area contributed by atoms with Gasteiger partial charge < -0.3 is 9.84 Å². The van der Waals surface area contributed by atoms with E-state index in [9.17, 15) is 13.2 Å². The normalized spacial score (nSPS) is 19.0. The van der Waals surface area contributed by atoms with E-state index >= 15 is 0 Å². The second-order valence-corrected chi connectivity index (χ2v) is 9.30. The summed E-state index contributed by atoms with van der Waals surface area (Å²) in [6.45, 7) is 1.87. The lowest BCUT2D eigenvalue weighted by atomic mass is 10.2. The number of hydrogen-bond donors (Lipinski definition) is 1. The number of aliphatic carboxylic acids is 1. The summed E-state index contributed by atoms with van der Waals surface area (Å²) in [6, 6.07) is 9.51. The zero-order chi connectivity index (χ0) is 20.2. The second kappa shape index (κ2) is 6.69. The fourth-order valence-electron chi connectivity index (χ4n) is 3.04. The molecule has 0 radical (unpaired) electrons. The van der Waals surface area contributed by atoms with Crippen molar-refractivity contribution in [1.29, 1.82) is 0 Å². The Balaban J connectivity index is 1.83. The van der Waals surface area contributed by atoms with E-state index in [2.05, 4.69) is 0 Å². The molecule has 1 N–H and O–H groups in total. The average Bonchev–Trinajstić information content (AvgIpc) is 3.25. The van der Waals surface area contributed by atoms with E-state index in [0.717, 1.165) is 9.54 Å². The molecule has 2 aromatic carbocycles. The van der Waals surface area contributed by atoms with E-state index in [-0.39, 0.29) is 20.5 Å². The molecular formula is C19H15Cl2NO5S. The molecular weight excluding hydrogens is 425 g/mol. The first kappa shape index (κ1) is 19.1. The summed E-state index contributed by atoms with van der Waals surface area (Å²) in [7, 11) is -3.91. The van der Waals surface area contributed by atoms with Gasteiger partial charge in [-0.3, -0.25) is 4.79 Å². The third-order valence-electron chi connectivity index (χ3n) is 4.70. The molecule has 2 atom stereocenters. The number of ether oxygens (including phenoxy) is 1. The number of carboxylic acids is 1. The number of fused-ring (bicyclic) bond motifs is 1. The van der Waals surface area contributed by atoms with Gasteiger partial charge in [0.15, 0.2) is 0 Å². The van der Waals surface area contributed by atoms with Crippen LogP contribution in [0.2, 0.25) is 10.0 Å². The molecule has 3 aromatic rings. The monoisotopic (exact) mass is 439 g/mol. The number of rotatable bonds is 5. The molecule has 4 rings (SSSR count). The lowest BCUT2D eigenvalue weighted by molar-refractivity contribution is -0.139. The summed E-state index contributed by atoms with van der Waals surface area (Å²) in [5, 5.41) is 9.70. The zero-order valence-electron chi connectivity index (χ0n) is 14.6. The van der Waals surface area contributed by atoms with Gasteiger partial charge in [0.1, 0.15) is 11.9 Å². The summed E-state index contributed by atoms with van der Waals surface area (Å²) >= 11 is 12.5. The van der Waals surface area contributed by atoms with Crippen molar-refractivity contribution in [3.05, 3.63) is 58.2 Å². The Bertz CT molecular complexity index is 1200. The van der Waals surface area contributed by atoms with Crippen molar-refractivity contribution < 1.29 is 23.1 Å². The Morgan fingerprint density at radius 1 is 1.21 bits per heavy atom. The highest BCUT2D eigenvalue weighted by Crippen LogP contribution is 2.43. The SMILES string of the molecule is Cc1ccc(S(=O)(=O)n2ccc3c(OC4CC4C(=O)O)cc(Cl)c(Cl)c32)cc1. The van der Waals surface area contributed by atoms with Gasteiger partial charge in [-0.05, 0) is 25.1 Å². The molecule has 0 amide bonds. The van der Waals surface area contributed by atoms with Crippen LogP contribution in [0.25, 0.3) is 10.9 Å². The van der Waals surface area contributed by atoms with Crippen LogP contribution >= 0.6 is 23.2 Å². The number of benzene rings is 2. The average molecular weight is 440 g/mol. The van der Waals surface area contributed by atoms with Crippen molar-refractivity contribution >= 4 is 50.1 Å². The number of halogens is 2. The van der Waals surface area contributed by atoms with Gasteiger partial charge in [0.05, 0.1) is 26.4 Å². The number of carboxylic acid groups (broad SMARTS) is 1. The van der Waals surface area contributed by atoms with Crippen molar-refractivity contribution in [2.75, 3.05) is 0 Å². The molecule has 1 fully saturated rings. The molecule has 6 nitrogen and oxygen atoms in total. The lowest BCUT2D eigenvalue weighted by Crippen LogP contribution is -2.12. The lowest BCUT2D eigenvalue weighted by Gasteiger charge is -2.12. The van der Waals surface area contributed by atoms with E-state index in [1.807, 2.05) is 6.92 Å². The molecule has 0 aliphatic heterocycles. The maximum atomic E-state index is 13.1. The van der Waals surface area contributed by atoms with Gasteiger partial charge in [0.25, 0.3) is 10.0 Å². The molecule has 0 bridgehead atoms. The van der Waals surface area contributed by atoms with Crippen molar-refractivity contribution in [3.8, 4) is 5.75 Å². The molecule has 146 valence electrons. The summed E-state index contributed by atoms with van der Waals surface area (Å²) in [4.78, 5) is 11.2. The minimum absolute atomic E-state index is 0.0790. The first-order chi connectivity index (χ1) is 13.2. The van der Waals surface area contributed by atoms with Gasteiger partial charge in [-0.25, -0.2) is 12.4 Å². The van der Waals surface area contributed by atoms with E-state index in [4.69, 9.17) is 33.0 Å². The predicted octanol–water partition coefficient (Wildman–Crippen LogP) is 4.35. The van der Waals surface area contributed by atoms with Crippen molar-refractivity contribution in [2.45, 2.75) is 24.3 Å². The number of aryl methyl sites for hydroxylation is 1. The molecule has 0 spiro atoms. The van der Waals surface area contributed by atoms with Crippen LogP contribution in [0.3, 0.4) is 0 Å². The fourth-order valence-corrected chi connectivity index (χ4v) is 4.89. The summed E-state index contributed by atoms with van der Waals surface area (Å²) < 4.78 is 33.1. The van der Waals surface area contributed by atoms with Gasteiger partial charge in [0.2, 0.25) is 0 Å². The summed E-state index contributed by atoms with van der Waals surface area (Å²) in [6.07, 6.45) is 1.30. The van der Waals surface area contributed by atoms with Crippen LogP contribution < -0.4 is 4.74 Å². The molecule has 9 heteroatoms. The van der Waals surface area contributed by atoms with Crippen LogP contribution in [-0.4, -0.2) is 29.6 Å². The quantitative estimate of drug-likeness (QED) is 0.638. The van der Waals surface area contributed by atoms with Crippen LogP contribution in [0.4, 0.5) is 0 Å². The number of carbonyl (C=O) groups is 1. The first-order valence-electron chi connectivity index (χ1n) is 8.41. The summed E-state index contributed by atoms with van der Waals surface area (Å²) in [5.41, 5.74) is 1.13. The highest BCUT2D eigenvalue weighted by Gasteiger charge is 2.46. The maximum Gasteiger partial charge on any atom is 0.310 e. The fraction of sp³-hybridized carbons (Fsp3) is 0.211.